The second-order valence-corrected chi connectivity index (χ2v) is 9.59. The summed E-state index contributed by atoms with van der Waals surface area (Å²) in [6.07, 6.45) is 2.84. The van der Waals surface area contributed by atoms with Crippen LogP contribution in [0.3, 0.4) is 0 Å². The van der Waals surface area contributed by atoms with E-state index in [0.717, 1.165) is 0 Å². The molecule has 4 atom stereocenters. The molecule has 11 nitrogen and oxygen atoms in total. The molecule has 0 aromatic heterocycles. The zero-order valence-electron chi connectivity index (χ0n) is 19.4. The highest BCUT2D eigenvalue weighted by Gasteiger charge is 2.38. The van der Waals surface area contributed by atoms with Crippen molar-refractivity contribution in [1.29, 1.82) is 0 Å². The van der Waals surface area contributed by atoms with Crippen molar-refractivity contribution >= 4 is 41.4 Å². The van der Waals surface area contributed by atoms with E-state index < -0.39 is 54.3 Å². The molecule has 0 aromatic rings. The lowest BCUT2D eigenvalue weighted by atomic mass is 10.0. The first kappa shape index (κ1) is 28.7. The smallest absolute Gasteiger partial charge is 0.326 e. The van der Waals surface area contributed by atoms with Crippen molar-refractivity contribution in [2.24, 2.45) is 11.7 Å². The molecule has 6 N–H and O–H groups in total. The Hall–Kier alpha value is -2.34. The van der Waals surface area contributed by atoms with Crippen LogP contribution in [0.2, 0.25) is 0 Å². The van der Waals surface area contributed by atoms with Crippen LogP contribution in [0.5, 0.6) is 0 Å². The van der Waals surface area contributed by atoms with E-state index in [1.54, 1.807) is 6.26 Å². The lowest BCUT2D eigenvalue weighted by Crippen LogP contribution is -2.56. The Bertz CT molecular complexity index is 719. The summed E-state index contributed by atoms with van der Waals surface area (Å²) in [6.45, 7) is 4.25. The van der Waals surface area contributed by atoms with Gasteiger partial charge in [0.25, 0.3) is 0 Å². The molecular formula is C21H36N4O7S. The van der Waals surface area contributed by atoms with Gasteiger partial charge in [0.05, 0.1) is 6.04 Å². The van der Waals surface area contributed by atoms with Gasteiger partial charge in [-0.05, 0) is 50.0 Å². The lowest BCUT2D eigenvalue weighted by molar-refractivity contribution is -0.143. The average Bonchev–Trinajstić information content (AvgIpc) is 3.22. The molecule has 0 spiro atoms. The van der Waals surface area contributed by atoms with Gasteiger partial charge in [-0.15, -0.1) is 0 Å². The summed E-state index contributed by atoms with van der Waals surface area (Å²) >= 11 is 1.42. The molecule has 4 unspecified atom stereocenters. The van der Waals surface area contributed by atoms with Crippen molar-refractivity contribution in [1.82, 2.24) is 15.5 Å². The predicted octanol–water partition coefficient (Wildman–Crippen LogP) is 0.0229. The SMILES string of the molecule is CSCCC(NC(=O)C(CCC(=O)O)NC(=O)C1CCCN1C(=O)C(N)CC(C)C)C(=O)O. The Morgan fingerprint density at radius 1 is 1.09 bits per heavy atom. The largest absolute Gasteiger partial charge is 0.481 e. The molecule has 1 aliphatic rings. The molecule has 1 heterocycles. The first-order chi connectivity index (χ1) is 15.5. The zero-order valence-corrected chi connectivity index (χ0v) is 20.2. The maximum absolute atomic E-state index is 13.0. The van der Waals surface area contributed by atoms with E-state index in [-0.39, 0.29) is 24.7 Å². The number of nitrogens with two attached hydrogens (primary N) is 1. The summed E-state index contributed by atoms with van der Waals surface area (Å²) in [7, 11) is 0. The fraction of sp³-hybridized carbons (Fsp3) is 0.762. The van der Waals surface area contributed by atoms with Crippen molar-refractivity contribution in [2.45, 2.75) is 76.5 Å². The van der Waals surface area contributed by atoms with Gasteiger partial charge in [-0.3, -0.25) is 19.2 Å². The number of aliphatic carboxylic acids is 2. The third-order valence-corrected chi connectivity index (χ3v) is 6.03. The van der Waals surface area contributed by atoms with Gasteiger partial charge in [0.15, 0.2) is 0 Å². The Balaban J connectivity index is 2.92. The van der Waals surface area contributed by atoms with Gasteiger partial charge in [-0.2, -0.15) is 11.8 Å². The number of thioether (sulfide) groups is 1. The molecule has 0 aromatic carbocycles. The molecule has 1 rings (SSSR count). The van der Waals surface area contributed by atoms with E-state index in [4.69, 9.17) is 10.8 Å². The van der Waals surface area contributed by atoms with Crippen LogP contribution in [0.15, 0.2) is 0 Å². The number of amides is 3. The number of carbonyl (C=O) groups excluding carboxylic acids is 3. The van der Waals surface area contributed by atoms with Crippen LogP contribution < -0.4 is 16.4 Å². The van der Waals surface area contributed by atoms with E-state index in [1.807, 2.05) is 13.8 Å². The van der Waals surface area contributed by atoms with Crippen LogP contribution in [-0.4, -0.2) is 87.5 Å². The van der Waals surface area contributed by atoms with Crippen molar-refractivity contribution < 1.29 is 34.2 Å². The van der Waals surface area contributed by atoms with Crippen LogP contribution in [0, 0.1) is 5.92 Å². The van der Waals surface area contributed by atoms with Gasteiger partial charge in [-0.1, -0.05) is 13.8 Å². The van der Waals surface area contributed by atoms with Gasteiger partial charge in [-0.25, -0.2) is 4.79 Å². The first-order valence-electron chi connectivity index (χ1n) is 11.1. The topological polar surface area (TPSA) is 179 Å². The van der Waals surface area contributed by atoms with Crippen molar-refractivity contribution in [3.63, 3.8) is 0 Å². The molecule has 33 heavy (non-hydrogen) atoms. The van der Waals surface area contributed by atoms with Gasteiger partial charge >= 0.3 is 11.9 Å². The van der Waals surface area contributed by atoms with Crippen LogP contribution in [0.25, 0.3) is 0 Å². The minimum atomic E-state index is -1.24. The third-order valence-electron chi connectivity index (χ3n) is 5.39. The van der Waals surface area contributed by atoms with Crippen molar-refractivity contribution in [3.8, 4) is 0 Å². The summed E-state index contributed by atoms with van der Waals surface area (Å²) in [6, 6.07) is -3.96. The van der Waals surface area contributed by atoms with E-state index in [0.29, 0.717) is 31.6 Å². The molecule has 1 saturated heterocycles. The molecule has 1 fully saturated rings. The number of carboxylic acid groups (broad SMARTS) is 2. The molecule has 0 bridgehead atoms. The number of carbonyl (C=O) groups is 5. The van der Waals surface area contributed by atoms with Crippen LogP contribution in [0.1, 0.15) is 52.4 Å². The molecule has 188 valence electrons. The summed E-state index contributed by atoms with van der Waals surface area (Å²) < 4.78 is 0. The van der Waals surface area contributed by atoms with Crippen molar-refractivity contribution in [2.75, 3.05) is 18.6 Å². The summed E-state index contributed by atoms with van der Waals surface area (Å²) in [5.41, 5.74) is 6.00. The Morgan fingerprint density at radius 3 is 2.30 bits per heavy atom. The van der Waals surface area contributed by atoms with Gasteiger partial charge in [0, 0.05) is 13.0 Å². The van der Waals surface area contributed by atoms with E-state index in [9.17, 15) is 29.1 Å². The predicted molar refractivity (Wildman–Crippen MR) is 124 cm³/mol. The van der Waals surface area contributed by atoms with E-state index >= 15 is 0 Å². The van der Waals surface area contributed by atoms with E-state index in [1.165, 1.54) is 16.7 Å². The summed E-state index contributed by atoms with van der Waals surface area (Å²) in [5, 5.41) is 23.3. The Morgan fingerprint density at radius 2 is 1.76 bits per heavy atom. The van der Waals surface area contributed by atoms with Crippen molar-refractivity contribution in [3.05, 3.63) is 0 Å². The second kappa shape index (κ2) is 14.0. The van der Waals surface area contributed by atoms with Crippen LogP contribution in [-0.2, 0) is 24.0 Å². The number of hydrogen-bond acceptors (Lipinski definition) is 7. The number of hydrogen-bond donors (Lipinski definition) is 5. The average molecular weight is 489 g/mol. The molecule has 1 aliphatic heterocycles. The normalized spacial score (nSPS) is 18.5. The lowest BCUT2D eigenvalue weighted by Gasteiger charge is -2.29. The first-order valence-corrected chi connectivity index (χ1v) is 12.5. The highest BCUT2D eigenvalue weighted by molar-refractivity contribution is 7.98. The Labute approximate surface area is 198 Å². The van der Waals surface area contributed by atoms with Gasteiger partial charge in [0.2, 0.25) is 17.7 Å². The van der Waals surface area contributed by atoms with Crippen LogP contribution >= 0.6 is 11.8 Å². The minimum absolute atomic E-state index is 0.181. The molecule has 12 heteroatoms. The standard InChI is InChI=1S/C21H36N4O7S/c1-12(2)11-13(22)20(30)25-9-4-5-16(25)19(29)23-14(6-7-17(26)27)18(28)24-15(21(31)32)8-10-33-3/h12-16H,4-11,22H2,1-3H3,(H,23,29)(H,24,28)(H,26,27)(H,31,32). The zero-order chi connectivity index (χ0) is 25.1. The molecule has 0 saturated carbocycles. The quantitative estimate of drug-likeness (QED) is 0.225. The van der Waals surface area contributed by atoms with E-state index in [2.05, 4.69) is 10.6 Å². The highest BCUT2D eigenvalue weighted by Crippen LogP contribution is 2.20. The second-order valence-electron chi connectivity index (χ2n) is 8.60. The molecule has 3 amide bonds. The van der Waals surface area contributed by atoms with Gasteiger partial charge in [0.1, 0.15) is 18.1 Å². The number of nitrogens with zero attached hydrogens (tertiary/aromatic N) is 1. The maximum Gasteiger partial charge on any atom is 0.326 e. The van der Waals surface area contributed by atoms with Gasteiger partial charge < -0.3 is 31.5 Å². The summed E-state index contributed by atoms with van der Waals surface area (Å²) in [5.74, 6) is -3.36. The number of likely N-dealkylation sites (tertiary alicyclic amines) is 1. The molecule has 0 radical (unpaired) electrons. The fourth-order valence-electron chi connectivity index (χ4n) is 3.69. The molecule has 0 aliphatic carbocycles. The number of carboxylic acids is 2. The molecular weight excluding hydrogens is 452 g/mol. The summed E-state index contributed by atoms with van der Waals surface area (Å²) in [4.78, 5) is 62.4. The van der Waals surface area contributed by atoms with Crippen LogP contribution in [0.4, 0.5) is 0 Å². The highest BCUT2D eigenvalue weighted by atomic mass is 32.2. The fourth-order valence-corrected chi connectivity index (χ4v) is 4.17. The number of nitrogens with one attached hydrogen (secondary N) is 2. The Kier molecular flexibility index (Phi) is 12.2. The number of rotatable bonds is 14. The minimum Gasteiger partial charge on any atom is -0.481 e. The third kappa shape index (κ3) is 9.58. The maximum atomic E-state index is 13.0. The monoisotopic (exact) mass is 488 g/mol.